The van der Waals surface area contributed by atoms with Crippen LogP contribution in [0.25, 0.3) is 0 Å². The summed E-state index contributed by atoms with van der Waals surface area (Å²) in [5, 5.41) is 28.9. The van der Waals surface area contributed by atoms with Gasteiger partial charge in [-0.05, 0) is 44.9 Å². The van der Waals surface area contributed by atoms with Crippen LogP contribution in [0, 0.1) is 0 Å². The van der Waals surface area contributed by atoms with E-state index in [-0.39, 0.29) is 64.1 Å². The Morgan fingerprint density at radius 2 is 1.34 bits per heavy atom. The van der Waals surface area contributed by atoms with E-state index in [1.54, 1.807) is 0 Å². The quantitative estimate of drug-likeness (QED) is 0.0295. The van der Waals surface area contributed by atoms with Crippen LogP contribution in [0.15, 0.2) is 4.99 Å². The van der Waals surface area contributed by atoms with Gasteiger partial charge in [0.15, 0.2) is 5.96 Å². The van der Waals surface area contributed by atoms with Crippen LogP contribution in [0.2, 0.25) is 0 Å². The van der Waals surface area contributed by atoms with Crippen LogP contribution >= 0.6 is 0 Å². The Balaban J connectivity index is 1.99. The molecule has 2 aliphatic rings. The van der Waals surface area contributed by atoms with Crippen molar-refractivity contribution in [2.24, 2.45) is 33.7 Å². The maximum Gasteiger partial charge on any atom is 0.326 e. The second-order valence-electron chi connectivity index (χ2n) is 12.6. The standard InChI is InChI=1S/C30H50N12O11/c31-15(7-8-21(32)44)24(47)40-17(12-22(33)45)27(50)41-10-2-5-19(41)25(48)37-13-23(46)38-18(14-43)28(51)42-11-3-6-20(42)26(49)39-16(29(52)53)4-1-9-36-30(34)35/h15-20,43H,1-14,31H2,(H2,32,44)(H2,33,45)(H,37,48)(H,38,46)(H,39,49)(H,40,47)(H,52,53)(H4,34,35,36)/t15-,16-,17-,18-,19-,20-/m0/s1. The Hall–Kier alpha value is -5.58. The molecule has 0 spiro atoms. The summed E-state index contributed by atoms with van der Waals surface area (Å²) in [5.41, 5.74) is 26.6. The number of aliphatic hydroxyl groups is 1. The topological polar surface area (TPSA) is 391 Å². The highest BCUT2D eigenvalue weighted by molar-refractivity contribution is 5.97. The van der Waals surface area contributed by atoms with Gasteiger partial charge in [-0.3, -0.25) is 43.3 Å². The molecule has 0 radical (unpaired) electrons. The van der Waals surface area contributed by atoms with Gasteiger partial charge in [0, 0.05) is 26.1 Å². The van der Waals surface area contributed by atoms with Gasteiger partial charge >= 0.3 is 5.97 Å². The molecule has 0 aliphatic carbocycles. The van der Waals surface area contributed by atoms with Gasteiger partial charge in [-0.2, -0.15) is 0 Å². The molecule has 23 nitrogen and oxygen atoms in total. The van der Waals surface area contributed by atoms with Crippen LogP contribution in [-0.4, -0.2) is 148 Å². The monoisotopic (exact) mass is 754 g/mol. The number of primary amides is 2. The first-order chi connectivity index (χ1) is 25.0. The number of likely N-dealkylation sites (tertiary alicyclic amines) is 2. The molecule has 0 unspecified atom stereocenters. The summed E-state index contributed by atoms with van der Waals surface area (Å²) in [6.07, 6.45) is 0.432. The van der Waals surface area contributed by atoms with Gasteiger partial charge < -0.3 is 69.9 Å². The number of nitrogens with two attached hydrogens (primary N) is 5. The first-order valence-electron chi connectivity index (χ1n) is 17.0. The lowest BCUT2D eigenvalue weighted by molar-refractivity contribution is -0.145. The lowest BCUT2D eigenvalue weighted by atomic mass is 10.1. The Labute approximate surface area is 304 Å². The molecule has 2 rings (SSSR count). The molecule has 0 aromatic carbocycles. The van der Waals surface area contributed by atoms with Crippen LogP contribution in [-0.2, 0) is 43.2 Å². The summed E-state index contributed by atoms with van der Waals surface area (Å²) >= 11 is 0. The highest BCUT2D eigenvalue weighted by Gasteiger charge is 2.40. The number of carboxylic acids is 1. The lowest BCUT2D eigenvalue weighted by Gasteiger charge is -2.29. The van der Waals surface area contributed by atoms with E-state index in [0.29, 0.717) is 12.8 Å². The van der Waals surface area contributed by atoms with Crippen LogP contribution in [0.1, 0.15) is 57.8 Å². The predicted molar refractivity (Wildman–Crippen MR) is 183 cm³/mol. The third-order valence-corrected chi connectivity index (χ3v) is 8.53. The molecule has 0 aromatic heterocycles. The zero-order valence-corrected chi connectivity index (χ0v) is 29.2. The maximum absolute atomic E-state index is 13.4. The fraction of sp³-hybridized carbons (Fsp3) is 0.667. The molecular formula is C30H50N12O11. The van der Waals surface area contributed by atoms with Crippen LogP contribution in [0.4, 0.5) is 0 Å². The average Bonchev–Trinajstić information content (AvgIpc) is 3.79. The molecule has 0 aromatic rings. The first-order valence-corrected chi connectivity index (χ1v) is 17.0. The number of rotatable bonds is 21. The molecular weight excluding hydrogens is 704 g/mol. The number of aliphatic imine (C=N–C) groups is 1. The number of aliphatic hydroxyl groups excluding tert-OH is 1. The predicted octanol–water partition coefficient (Wildman–Crippen LogP) is -6.86. The van der Waals surface area contributed by atoms with Crippen LogP contribution in [0.5, 0.6) is 0 Å². The molecule has 0 bridgehead atoms. The Kier molecular flexibility index (Phi) is 17.3. The number of carbonyl (C=O) groups is 9. The van der Waals surface area contributed by atoms with Crippen molar-refractivity contribution in [2.75, 3.05) is 32.8 Å². The van der Waals surface area contributed by atoms with E-state index < -0.39 is 109 Å². The largest absolute Gasteiger partial charge is 0.480 e. The maximum atomic E-state index is 13.4. The van der Waals surface area contributed by atoms with Gasteiger partial charge in [-0.25, -0.2) is 4.79 Å². The fourth-order valence-corrected chi connectivity index (χ4v) is 5.86. The highest BCUT2D eigenvalue weighted by Crippen LogP contribution is 2.21. The number of aliphatic carboxylic acids is 1. The minimum atomic E-state index is -1.51. The van der Waals surface area contributed by atoms with Gasteiger partial charge in [0.05, 0.1) is 25.6 Å². The minimum absolute atomic E-state index is 0.00521. The van der Waals surface area contributed by atoms with E-state index in [0.717, 1.165) is 9.80 Å². The normalized spacial score (nSPS) is 18.8. The van der Waals surface area contributed by atoms with E-state index in [1.165, 1.54) is 0 Å². The number of hydrogen-bond donors (Lipinski definition) is 11. The SMILES string of the molecule is NC(=O)CC[C@H](N)C(=O)N[C@@H](CC(N)=O)C(=O)N1CCC[C@H]1C(=O)NCC(=O)N[C@@H](CO)C(=O)N1CCC[C@H]1C(=O)N[C@@H](CCCN=C(N)N)C(=O)O. The van der Waals surface area contributed by atoms with Crippen molar-refractivity contribution in [3.8, 4) is 0 Å². The number of carboxylic acid groups (broad SMARTS) is 1. The van der Waals surface area contributed by atoms with E-state index in [9.17, 15) is 53.4 Å². The number of guanidine groups is 1. The van der Waals surface area contributed by atoms with Gasteiger partial charge in [-0.1, -0.05) is 0 Å². The van der Waals surface area contributed by atoms with Gasteiger partial charge in [0.1, 0.15) is 30.2 Å². The molecule has 296 valence electrons. The van der Waals surface area contributed by atoms with Gasteiger partial charge in [0.25, 0.3) is 0 Å². The molecule has 0 saturated carbocycles. The van der Waals surface area contributed by atoms with Gasteiger partial charge in [0.2, 0.25) is 47.3 Å². The number of hydrogen-bond acceptors (Lipinski definition) is 12. The van der Waals surface area contributed by atoms with Crippen molar-refractivity contribution in [1.29, 1.82) is 0 Å². The first kappa shape index (κ1) is 43.6. The molecule has 2 fully saturated rings. The number of carbonyl (C=O) groups excluding carboxylic acids is 8. The summed E-state index contributed by atoms with van der Waals surface area (Å²) in [6, 6.07) is -7.69. The van der Waals surface area contributed by atoms with Crippen molar-refractivity contribution in [3.63, 3.8) is 0 Å². The zero-order chi connectivity index (χ0) is 39.8. The van der Waals surface area contributed by atoms with Crippen molar-refractivity contribution in [3.05, 3.63) is 0 Å². The summed E-state index contributed by atoms with van der Waals surface area (Å²) in [6.45, 7) is -1.25. The second-order valence-corrected chi connectivity index (χ2v) is 12.6. The third kappa shape index (κ3) is 13.8. The molecule has 8 amide bonds. The van der Waals surface area contributed by atoms with E-state index in [2.05, 4.69) is 26.3 Å². The van der Waals surface area contributed by atoms with Crippen molar-refractivity contribution >= 4 is 59.2 Å². The van der Waals surface area contributed by atoms with Crippen LogP contribution < -0.4 is 49.9 Å². The van der Waals surface area contributed by atoms with Gasteiger partial charge in [-0.15, -0.1) is 0 Å². The number of nitrogens with one attached hydrogen (secondary N) is 4. The second kappa shape index (κ2) is 21.1. The van der Waals surface area contributed by atoms with E-state index in [4.69, 9.17) is 28.7 Å². The summed E-state index contributed by atoms with van der Waals surface area (Å²) in [4.78, 5) is 119. The van der Waals surface area contributed by atoms with E-state index >= 15 is 0 Å². The zero-order valence-electron chi connectivity index (χ0n) is 29.2. The molecule has 6 atom stereocenters. The number of amides is 8. The van der Waals surface area contributed by atoms with Crippen molar-refractivity contribution < 1.29 is 53.4 Å². The summed E-state index contributed by atoms with van der Waals surface area (Å²) in [7, 11) is 0. The molecule has 23 heteroatoms. The Morgan fingerprint density at radius 1 is 0.755 bits per heavy atom. The summed E-state index contributed by atoms with van der Waals surface area (Å²) in [5.74, 6) is -7.96. The molecule has 2 heterocycles. The molecule has 16 N–H and O–H groups in total. The van der Waals surface area contributed by atoms with E-state index in [1.807, 2.05) is 0 Å². The van der Waals surface area contributed by atoms with Crippen LogP contribution in [0.3, 0.4) is 0 Å². The Morgan fingerprint density at radius 3 is 1.87 bits per heavy atom. The average molecular weight is 755 g/mol. The fourth-order valence-electron chi connectivity index (χ4n) is 5.86. The smallest absolute Gasteiger partial charge is 0.326 e. The summed E-state index contributed by atoms with van der Waals surface area (Å²) < 4.78 is 0. The van der Waals surface area contributed by atoms with Crippen molar-refractivity contribution in [1.82, 2.24) is 31.1 Å². The molecule has 53 heavy (non-hydrogen) atoms. The minimum Gasteiger partial charge on any atom is -0.480 e. The Bertz CT molecular complexity index is 1420. The number of nitrogens with zero attached hydrogens (tertiary/aromatic N) is 3. The van der Waals surface area contributed by atoms with Crippen molar-refractivity contribution in [2.45, 2.75) is 94.0 Å². The molecule has 2 saturated heterocycles. The highest BCUT2D eigenvalue weighted by atomic mass is 16.4. The molecule has 2 aliphatic heterocycles. The lowest BCUT2D eigenvalue weighted by Crippen LogP contribution is -2.58. The third-order valence-electron chi connectivity index (χ3n) is 8.53.